The Balaban J connectivity index is 1.84. The summed E-state index contributed by atoms with van der Waals surface area (Å²) in [6.07, 6.45) is 3.34. The quantitative estimate of drug-likeness (QED) is 0.619. The molecule has 1 aliphatic heterocycles. The standard InChI is InChI=1S/C16H15NO2/c1-2-13-15(14-9-6-10-19-14)17(16(13)18)11-12-7-4-3-5-8-12/h2-10,13,15H,1,11H2/t13-,15+/m0/s1. The number of furan rings is 1. The Labute approximate surface area is 112 Å². The molecule has 0 aliphatic carbocycles. The Bertz CT molecular complexity index is 574. The highest BCUT2D eigenvalue weighted by atomic mass is 16.3. The van der Waals surface area contributed by atoms with Crippen LogP contribution in [0.15, 0.2) is 65.8 Å². The number of β-lactam (4-membered cyclic amide) rings is 1. The van der Waals surface area contributed by atoms with Crippen molar-refractivity contribution in [2.24, 2.45) is 5.92 Å². The molecule has 1 aromatic heterocycles. The lowest BCUT2D eigenvalue weighted by atomic mass is 9.85. The molecule has 2 atom stereocenters. The number of carbonyl (C=O) groups is 1. The maximum absolute atomic E-state index is 12.1. The highest BCUT2D eigenvalue weighted by Crippen LogP contribution is 2.41. The summed E-state index contributed by atoms with van der Waals surface area (Å²) in [6, 6.07) is 13.7. The maximum atomic E-state index is 12.1. The van der Waals surface area contributed by atoms with Gasteiger partial charge in [-0.2, -0.15) is 0 Å². The smallest absolute Gasteiger partial charge is 0.233 e. The fraction of sp³-hybridized carbons (Fsp3) is 0.188. The molecule has 0 bridgehead atoms. The average molecular weight is 253 g/mol. The van der Waals surface area contributed by atoms with E-state index in [1.807, 2.05) is 47.4 Å². The number of likely N-dealkylation sites (tertiary alicyclic amines) is 1. The van der Waals surface area contributed by atoms with Crippen LogP contribution in [-0.4, -0.2) is 10.8 Å². The van der Waals surface area contributed by atoms with Crippen LogP contribution in [0, 0.1) is 5.92 Å². The van der Waals surface area contributed by atoms with Gasteiger partial charge in [-0.3, -0.25) is 4.79 Å². The van der Waals surface area contributed by atoms with Gasteiger partial charge in [-0.05, 0) is 17.7 Å². The molecule has 1 amide bonds. The van der Waals surface area contributed by atoms with Crippen LogP contribution in [0.1, 0.15) is 17.4 Å². The van der Waals surface area contributed by atoms with Crippen LogP contribution in [-0.2, 0) is 11.3 Å². The molecule has 0 spiro atoms. The first-order valence-electron chi connectivity index (χ1n) is 6.31. The molecule has 0 N–H and O–H groups in total. The van der Waals surface area contributed by atoms with Gasteiger partial charge in [0.2, 0.25) is 5.91 Å². The first kappa shape index (κ1) is 11.8. The number of hydrogen-bond acceptors (Lipinski definition) is 2. The van der Waals surface area contributed by atoms with E-state index in [1.54, 1.807) is 12.3 Å². The van der Waals surface area contributed by atoms with E-state index in [2.05, 4.69) is 6.58 Å². The van der Waals surface area contributed by atoms with E-state index in [0.29, 0.717) is 6.54 Å². The lowest BCUT2D eigenvalue weighted by Crippen LogP contribution is -2.53. The van der Waals surface area contributed by atoms with Gasteiger partial charge in [-0.1, -0.05) is 36.4 Å². The zero-order chi connectivity index (χ0) is 13.2. The maximum Gasteiger partial charge on any atom is 0.233 e. The zero-order valence-corrected chi connectivity index (χ0v) is 10.5. The van der Waals surface area contributed by atoms with Crippen LogP contribution in [0.2, 0.25) is 0 Å². The molecule has 3 rings (SSSR count). The Kier molecular flexibility index (Phi) is 2.95. The second-order valence-electron chi connectivity index (χ2n) is 4.67. The minimum absolute atomic E-state index is 0.0276. The number of rotatable bonds is 4. The summed E-state index contributed by atoms with van der Waals surface area (Å²) >= 11 is 0. The first-order valence-corrected chi connectivity index (χ1v) is 6.31. The summed E-state index contributed by atoms with van der Waals surface area (Å²) in [5.74, 6) is 0.760. The predicted octanol–water partition coefficient (Wildman–Crippen LogP) is 3.17. The van der Waals surface area contributed by atoms with E-state index in [1.165, 1.54) is 0 Å². The van der Waals surface area contributed by atoms with Crippen molar-refractivity contribution in [2.75, 3.05) is 0 Å². The van der Waals surface area contributed by atoms with Gasteiger partial charge in [-0.25, -0.2) is 0 Å². The molecular formula is C16H15NO2. The van der Waals surface area contributed by atoms with Crippen molar-refractivity contribution in [3.05, 3.63) is 72.7 Å². The summed E-state index contributed by atoms with van der Waals surface area (Å²) in [7, 11) is 0. The molecule has 0 radical (unpaired) electrons. The second kappa shape index (κ2) is 4.76. The number of benzene rings is 1. The van der Waals surface area contributed by atoms with Crippen LogP contribution < -0.4 is 0 Å². The van der Waals surface area contributed by atoms with Crippen LogP contribution in [0.25, 0.3) is 0 Å². The molecule has 1 fully saturated rings. The van der Waals surface area contributed by atoms with Crippen molar-refractivity contribution in [3.8, 4) is 0 Å². The fourth-order valence-corrected chi connectivity index (χ4v) is 2.55. The Morgan fingerprint density at radius 1 is 1.21 bits per heavy atom. The van der Waals surface area contributed by atoms with Crippen LogP contribution in [0.5, 0.6) is 0 Å². The molecular weight excluding hydrogens is 238 g/mol. The molecule has 3 nitrogen and oxygen atoms in total. The van der Waals surface area contributed by atoms with Gasteiger partial charge in [0.15, 0.2) is 0 Å². The molecule has 19 heavy (non-hydrogen) atoms. The van der Waals surface area contributed by atoms with E-state index in [0.717, 1.165) is 11.3 Å². The van der Waals surface area contributed by atoms with E-state index in [-0.39, 0.29) is 17.9 Å². The van der Waals surface area contributed by atoms with Crippen molar-refractivity contribution in [2.45, 2.75) is 12.6 Å². The largest absolute Gasteiger partial charge is 0.467 e. The van der Waals surface area contributed by atoms with Crippen molar-refractivity contribution in [1.82, 2.24) is 4.90 Å². The second-order valence-corrected chi connectivity index (χ2v) is 4.67. The Morgan fingerprint density at radius 2 is 2.00 bits per heavy atom. The highest BCUT2D eigenvalue weighted by Gasteiger charge is 2.47. The van der Waals surface area contributed by atoms with Crippen LogP contribution in [0.3, 0.4) is 0 Å². The van der Waals surface area contributed by atoms with Gasteiger partial charge in [0.1, 0.15) is 11.8 Å². The van der Waals surface area contributed by atoms with Crippen molar-refractivity contribution >= 4 is 5.91 Å². The number of nitrogens with zero attached hydrogens (tertiary/aromatic N) is 1. The number of hydrogen-bond donors (Lipinski definition) is 0. The van der Waals surface area contributed by atoms with Gasteiger partial charge < -0.3 is 9.32 Å². The molecule has 0 unspecified atom stereocenters. The Hall–Kier alpha value is -2.29. The lowest BCUT2D eigenvalue weighted by molar-refractivity contribution is -0.155. The summed E-state index contributed by atoms with van der Waals surface area (Å²) in [6.45, 7) is 4.35. The minimum atomic E-state index is -0.171. The third kappa shape index (κ3) is 1.97. The van der Waals surface area contributed by atoms with Crippen molar-refractivity contribution in [1.29, 1.82) is 0 Å². The molecule has 1 saturated heterocycles. The zero-order valence-electron chi connectivity index (χ0n) is 10.5. The molecule has 2 heterocycles. The molecule has 2 aromatic rings. The molecule has 1 aliphatic rings. The molecule has 3 heteroatoms. The SMILES string of the molecule is C=C[C@@H]1C(=O)N(Cc2ccccc2)[C@H]1c1ccco1. The van der Waals surface area contributed by atoms with E-state index in [9.17, 15) is 4.79 Å². The van der Waals surface area contributed by atoms with E-state index < -0.39 is 0 Å². The van der Waals surface area contributed by atoms with Crippen LogP contribution in [0.4, 0.5) is 0 Å². The lowest BCUT2D eigenvalue weighted by Gasteiger charge is -2.45. The first-order chi connectivity index (χ1) is 9.31. The summed E-state index contributed by atoms with van der Waals surface area (Å²) in [5.41, 5.74) is 1.12. The van der Waals surface area contributed by atoms with Gasteiger partial charge >= 0.3 is 0 Å². The summed E-state index contributed by atoms with van der Waals surface area (Å²) in [5, 5.41) is 0. The Morgan fingerprint density at radius 3 is 2.63 bits per heavy atom. The number of carbonyl (C=O) groups excluding carboxylic acids is 1. The van der Waals surface area contributed by atoms with Crippen LogP contribution >= 0.6 is 0 Å². The highest BCUT2D eigenvalue weighted by molar-refractivity contribution is 5.88. The van der Waals surface area contributed by atoms with E-state index >= 15 is 0 Å². The van der Waals surface area contributed by atoms with Gasteiger partial charge in [-0.15, -0.1) is 6.58 Å². The van der Waals surface area contributed by atoms with Gasteiger partial charge in [0.05, 0.1) is 12.2 Å². The normalized spacial score (nSPS) is 22.1. The molecule has 0 saturated carbocycles. The fourth-order valence-electron chi connectivity index (χ4n) is 2.55. The minimum Gasteiger partial charge on any atom is -0.467 e. The monoisotopic (exact) mass is 253 g/mol. The third-order valence-electron chi connectivity index (χ3n) is 3.53. The van der Waals surface area contributed by atoms with Gasteiger partial charge in [0.25, 0.3) is 0 Å². The van der Waals surface area contributed by atoms with Gasteiger partial charge in [0, 0.05) is 6.54 Å². The summed E-state index contributed by atoms with van der Waals surface area (Å²) in [4.78, 5) is 13.9. The average Bonchev–Trinajstić information content (AvgIpc) is 2.96. The summed E-state index contributed by atoms with van der Waals surface area (Å²) < 4.78 is 5.44. The molecule has 1 aromatic carbocycles. The van der Waals surface area contributed by atoms with Crippen molar-refractivity contribution < 1.29 is 9.21 Å². The van der Waals surface area contributed by atoms with E-state index in [4.69, 9.17) is 4.42 Å². The molecule has 96 valence electrons. The number of amides is 1. The van der Waals surface area contributed by atoms with Crippen molar-refractivity contribution in [3.63, 3.8) is 0 Å². The third-order valence-corrected chi connectivity index (χ3v) is 3.53. The predicted molar refractivity (Wildman–Crippen MR) is 72.1 cm³/mol. The topological polar surface area (TPSA) is 33.5 Å².